The van der Waals surface area contributed by atoms with Gasteiger partial charge in [-0.2, -0.15) is 5.10 Å². The van der Waals surface area contributed by atoms with Gasteiger partial charge in [0.15, 0.2) is 5.30 Å². The molecule has 2 aromatic heterocycles. The molecule has 0 radical (unpaired) electrons. The molecule has 148 valence electrons. The molecule has 0 bridgehead atoms. The monoisotopic (exact) mass is 430 g/mol. The predicted octanol–water partition coefficient (Wildman–Crippen LogP) is -0.0651. The van der Waals surface area contributed by atoms with Gasteiger partial charge in [0.05, 0.1) is 6.20 Å². The van der Waals surface area contributed by atoms with Crippen molar-refractivity contribution in [3.05, 3.63) is 109 Å². The van der Waals surface area contributed by atoms with Crippen molar-refractivity contribution in [1.29, 1.82) is 0 Å². The highest BCUT2D eigenvalue weighted by Crippen LogP contribution is 2.54. The summed E-state index contributed by atoms with van der Waals surface area (Å²) in [5.41, 5.74) is 6.87. The molecule has 0 spiro atoms. The first-order valence-corrected chi connectivity index (χ1v) is 11.3. The second-order valence-electron chi connectivity index (χ2n) is 6.83. The van der Waals surface area contributed by atoms with E-state index in [1.165, 1.54) is 15.9 Å². The van der Waals surface area contributed by atoms with Gasteiger partial charge >= 0.3 is 0 Å². The summed E-state index contributed by atoms with van der Waals surface area (Å²) < 4.78 is 1.81. The average molecular weight is 431 g/mol. The first kappa shape index (κ1) is 20.1. The van der Waals surface area contributed by atoms with Gasteiger partial charge in [0.2, 0.25) is 5.65 Å². The third-order valence-corrected chi connectivity index (χ3v) is 9.42. The van der Waals surface area contributed by atoms with Crippen LogP contribution in [0.15, 0.2) is 109 Å². The van der Waals surface area contributed by atoms with E-state index in [2.05, 4.69) is 101 Å². The number of hydrogen-bond acceptors (Lipinski definition) is 3. The smallest absolute Gasteiger partial charge is 0.201 e. The number of nitrogens with two attached hydrogens (primary N) is 1. The van der Waals surface area contributed by atoms with Crippen LogP contribution in [0.2, 0.25) is 0 Å². The largest absolute Gasteiger partial charge is 1.00 e. The second kappa shape index (κ2) is 8.27. The standard InChI is InChI=1S/C24H20N4P.ClH/c25-23-16-17-28-24(27-23)22(18-26-28)29(19-10-4-1-5-11-19,20-12-6-2-7-13-20)21-14-8-3-9-15-21;/h1-18H,(H2,25,27);1H/q+1;/p-1. The fourth-order valence-corrected chi connectivity index (χ4v) is 8.19. The molecule has 2 N–H and O–H groups in total. The Morgan fingerprint density at radius 3 is 1.60 bits per heavy atom. The minimum atomic E-state index is -2.22. The SMILES string of the molecule is Nc1ccn2ncc([P+](c3ccccc3)(c3ccccc3)c3ccccc3)c2n1.[Cl-]. The zero-order valence-electron chi connectivity index (χ0n) is 16.1. The molecule has 4 nitrogen and oxygen atoms in total. The normalized spacial score (nSPS) is 11.2. The van der Waals surface area contributed by atoms with Gasteiger partial charge in [0.25, 0.3) is 0 Å². The van der Waals surface area contributed by atoms with E-state index in [0.29, 0.717) is 5.82 Å². The van der Waals surface area contributed by atoms with E-state index in [1.807, 2.05) is 16.9 Å². The number of hydrogen-bond donors (Lipinski definition) is 1. The second-order valence-corrected chi connectivity index (χ2v) is 10.2. The van der Waals surface area contributed by atoms with E-state index in [-0.39, 0.29) is 12.4 Å². The summed E-state index contributed by atoms with van der Waals surface area (Å²) in [6.07, 6.45) is 3.83. The summed E-state index contributed by atoms with van der Waals surface area (Å²) in [7, 11) is -2.22. The van der Waals surface area contributed by atoms with Crippen molar-refractivity contribution >= 4 is 39.9 Å². The van der Waals surface area contributed by atoms with Crippen molar-refractivity contribution in [2.75, 3.05) is 5.73 Å². The molecule has 0 aliphatic rings. The molecule has 0 saturated heterocycles. The molecule has 0 aliphatic heterocycles. The summed E-state index contributed by atoms with van der Waals surface area (Å²) in [5.74, 6) is 0.492. The number of halogens is 1. The van der Waals surface area contributed by atoms with Crippen LogP contribution in [0, 0.1) is 0 Å². The number of fused-ring (bicyclic) bond motifs is 1. The van der Waals surface area contributed by atoms with E-state index >= 15 is 0 Å². The average Bonchev–Trinajstić information content (AvgIpc) is 3.20. The van der Waals surface area contributed by atoms with Gasteiger partial charge in [-0.15, -0.1) is 0 Å². The topological polar surface area (TPSA) is 56.2 Å². The molecule has 2 heterocycles. The summed E-state index contributed by atoms with van der Waals surface area (Å²) in [5, 5.41) is 9.52. The summed E-state index contributed by atoms with van der Waals surface area (Å²) in [6.45, 7) is 0. The van der Waals surface area contributed by atoms with E-state index in [0.717, 1.165) is 11.0 Å². The van der Waals surface area contributed by atoms with Gasteiger partial charge in [-0.25, -0.2) is 9.50 Å². The lowest BCUT2D eigenvalue weighted by molar-refractivity contribution is -0.00000574. The van der Waals surface area contributed by atoms with Gasteiger partial charge in [-0.1, -0.05) is 54.6 Å². The number of nitrogen functional groups attached to an aromatic ring is 1. The van der Waals surface area contributed by atoms with E-state index in [9.17, 15) is 0 Å². The maximum Gasteiger partial charge on any atom is 0.201 e. The quantitative estimate of drug-likeness (QED) is 0.406. The third kappa shape index (κ3) is 3.15. The zero-order chi connectivity index (χ0) is 19.7. The van der Waals surface area contributed by atoms with Crippen LogP contribution in [-0.4, -0.2) is 14.6 Å². The Labute approximate surface area is 182 Å². The van der Waals surface area contributed by atoms with Gasteiger partial charge in [0, 0.05) is 6.20 Å². The molecule has 0 saturated carbocycles. The Morgan fingerprint density at radius 2 is 1.13 bits per heavy atom. The predicted molar refractivity (Wildman–Crippen MR) is 122 cm³/mol. The minimum Gasteiger partial charge on any atom is -1.00 e. The number of benzene rings is 3. The Hall–Kier alpha value is -3.20. The molecule has 0 fully saturated rings. The maximum absolute atomic E-state index is 6.07. The molecule has 0 aliphatic carbocycles. The molecule has 3 aromatic carbocycles. The molecule has 6 heteroatoms. The molecular weight excluding hydrogens is 411 g/mol. The zero-order valence-corrected chi connectivity index (χ0v) is 17.8. The van der Waals surface area contributed by atoms with Crippen LogP contribution < -0.4 is 39.4 Å². The fraction of sp³-hybridized carbons (Fsp3) is 0. The van der Waals surface area contributed by atoms with Crippen LogP contribution in [0.5, 0.6) is 0 Å². The van der Waals surface area contributed by atoms with Crippen LogP contribution in [0.1, 0.15) is 0 Å². The lowest BCUT2D eigenvalue weighted by Crippen LogP contribution is -3.00. The van der Waals surface area contributed by atoms with Crippen molar-refractivity contribution in [3.8, 4) is 0 Å². The van der Waals surface area contributed by atoms with E-state index < -0.39 is 7.26 Å². The van der Waals surface area contributed by atoms with Crippen molar-refractivity contribution in [3.63, 3.8) is 0 Å². The summed E-state index contributed by atoms with van der Waals surface area (Å²) >= 11 is 0. The number of rotatable bonds is 4. The molecule has 0 atom stereocenters. The third-order valence-electron chi connectivity index (χ3n) is 5.16. The molecule has 30 heavy (non-hydrogen) atoms. The number of aromatic nitrogens is 3. The maximum atomic E-state index is 6.07. The Kier molecular flexibility index (Phi) is 5.54. The highest BCUT2D eigenvalue weighted by molar-refractivity contribution is 8.01. The minimum absolute atomic E-state index is 0. The Bertz CT molecular complexity index is 1160. The number of anilines is 1. The van der Waals surface area contributed by atoms with Gasteiger partial charge in [-0.3, -0.25) is 0 Å². The summed E-state index contributed by atoms with van der Waals surface area (Å²) in [4.78, 5) is 4.68. The van der Waals surface area contributed by atoms with Crippen LogP contribution >= 0.6 is 7.26 Å². The van der Waals surface area contributed by atoms with Crippen molar-refractivity contribution in [2.24, 2.45) is 0 Å². The molecule has 0 amide bonds. The van der Waals surface area contributed by atoms with Crippen LogP contribution in [0.25, 0.3) is 5.65 Å². The molecule has 0 unspecified atom stereocenters. The van der Waals surface area contributed by atoms with Gasteiger partial charge < -0.3 is 18.1 Å². The van der Waals surface area contributed by atoms with Crippen LogP contribution in [0.4, 0.5) is 5.82 Å². The van der Waals surface area contributed by atoms with E-state index in [1.54, 1.807) is 6.07 Å². The van der Waals surface area contributed by atoms with E-state index in [4.69, 9.17) is 5.73 Å². The fourth-order valence-electron chi connectivity index (χ4n) is 3.93. The lowest BCUT2D eigenvalue weighted by atomic mass is 10.4. The lowest BCUT2D eigenvalue weighted by Gasteiger charge is -2.26. The summed E-state index contributed by atoms with van der Waals surface area (Å²) in [6, 6.07) is 33.8. The highest BCUT2D eigenvalue weighted by Gasteiger charge is 2.50. The Morgan fingerprint density at radius 1 is 0.667 bits per heavy atom. The van der Waals surface area contributed by atoms with Gasteiger partial charge in [0.1, 0.15) is 29.0 Å². The van der Waals surface area contributed by atoms with Crippen molar-refractivity contribution in [2.45, 2.75) is 0 Å². The molecular formula is C24H20ClN4P. The number of nitrogens with zero attached hydrogens (tertiary/aromatic N) is 3. The van der Waals surface area contributed by atoms with Crippen molar-refractivity contribution in [1.82, 2.24) is 14.6 Å². The first-order chi connectivity index (χ1) is 14.3. The molecule has 5 rings (SSSR count). The van der Waals surface area contributed by atoms with Crippen LogP contribution in [0.3, 0.4) is 0 Å². The van der Waals surface area contributed by atoms with Crippen molar-refractivity contribution < 1.29 is 12.4 Å². The highest BCUT2D eigenvalue weighted by atomic mass is 35.5. The van der Waals surface area contributed by atoms with Gasteiger partial charge in [-0.05, 0) is 42.5 Å². The molecule has 5 aromatic rings. The van der Waals surface area contributed by atoms with Crippen LogP contribution in [-0.2, 0) is 0 Å². The Balaban J connectivity index is 0.00000218. The first-order valence-electron chi connectivity index (χ1n) is 9.46.